The van der Waals surface area contributed by atoms with Gasteiger partial charge in [0.25, 0.3) is 0 Å². The molecule has 1 heterocycles. The van der Waals surface area contributed by atoms with Crippen molar-refractivity contribution in [3.63, 3.8) is 0 Å². The van der Waals surface area contributed by atoms with Crippen LogP contribution in [0.3, 0.4) is 0 Å². The van der Waals surface area contributed by atoms with Crippen LogP contribution in [0.4, 0.5) is 0 Å². The first kappa shape index (κ1) is 7.95. The molecule has 0 radical (unpaired) electrons. The molecule has 0 aromatic carbocycles. The second-order valence-electron chi connectivity index (χ2n) is 2.43. The summed E-state index contributed by atoms with van der Waals surface area (Å²) in [6.07, 6.45) is 0. The molecule has 0 aliphatic rings. The molecule has 1 N–H and O–H groups in total. The number of aliphatic hydroxyl groups is 1. The van der Waals surface area contributed by atoms with Crippen molar-refractivity contribution in [2.75, 3.05) is 6.61 Å². The summed E-state index contributed by atoms with van der Waals surface area (Å²) in [4.78, 5) is 4.18. The van der Waals surface area contributed by atoms with Crippen LogP contribution in [0.2, 0.25) is 0 Å². The number of hydrogen-bond acceptors (Lipinski definition) is 2. The van der Waals surface area contributed by atoms with Gasteiger partial charge in [0.1, 0.15) is 0 Å². The largest absolute Gasteiger partial charge is 0.392 e. The highest BCUT2D eigenvalue weighted by Crippen LogP contribution is 2.07. The summed E-state index contributed by atoms with van der Waals surface area (Å²) in [6, 6.07) is 5.65. The highest BCUT2D eigenvalue weighted by molar-refractivity contribution is 5.60. The van der Waals surface area contributed by atoms with Crippen molar-refractivity contribution in [1.82, 2.24) is 4.98 Å². The maximum Gasteiger partial charge on any atom is 0.0697 e. The van der Waals surface area contributed by atoms with Gasteiger partial charge in [-0.25, -0.2) is 0 Å². The van der Waals surface area contributed by atoms with Gasteiger partial charge in [-0.05, 0) is 24.6 Å². The maximum atomic E-state index is 8.74. The van der Waals surface area contributed by atoms with Crippen LogP contribution in [0.25, 0.3) is 5.57 Å². The van der Waals surface area contributed by atoms with E-state index in [9.17, 15) is 0 Å². The van der Waals surface area contributed by atoms with E-state index in [1.165, 1.54) is 0 Å². The van der Waals surface area contributed by atoms with E-state index < -0.39 is 0 Å². The molecule has 1 aromatic rings. The van der Waals surface area contributed by atoms with Crippen LogP contribution in [0.5, 0.6) is 0 Å². The zero-order chi connectivity index (χ0) is 8.27. The van der Waals surface area contributed by atoms with Gasteiger partial charge in [-0.1, -0.05) is 12.6 Å². The van der Waals surface area contributed by atoms with E-state index in [4.69, 9.17) is 5.11 Å². The molecule has 0 saturated heterocycles. The fraction of sp³-hybridized carbons (Fsp3) is 0.222. The van der Waals surface area contributed by atoms with Gasteiger partial charge in [-0.15, -0.1) is 0 Å². The Morgan fingerprint density at radius 2 is 2.36 bits per heavy atom. The molecule has 1 rings (SSSR count). The number of nitrogens with zero attached hydrogens (tertiary/aromatic N) is 1. The summed E-state index contributed by atoms with van der Waals surface area (Å²) < 4.78 is 0. The molecule has 0 unspecified atom stereocenters. The standard InChI is InChI=1S/C9H11NO/c1-7(6-11)9-5-3-4-8(2)10-9/h3-5,11H,1,6H2,2H3. The minimum absolute atomic E-state index is 0.0313. The predicted molar refractivity (Wildman–Crippen MR) is 45.1 cm³/mol. The molecule has 0 atom stereocenters. The molecule has 11 heavy (non-hydrogen) atoms. The lowest BCUT2D eigenvalue weighted by atomic mass is 10.2. The minimum Gasteiger partial charge on any atom is -0.392 e. The van der Waals surface area contributed by atoms with E-state index >= 15 is 0 Å². The Hall–Kier alpha value is -1.15. The second kappa shape index (κ2) is 3.30. The topological polar surface area (TPSA) is 33.1 Å². The van der Waals surface area contributed by atoms with E-state index in [0.29, 0.717) is 5.57 Å². The Kier molecular flexibility index (Phi) is 2.39. The van der Waals surface area contributed by atoms with Crippen LogP contribution >= 0.6 is 0 Å². The average Bonchev–Trinajstić information content (AvgIpc) is 2.03. The van der Waals surface area contributed by atoms with Gasteiger partial charge in [0.2, 0.25) is 0 Å². The van der Waals surface area contributed by atoms with Crippen molar-refractivity contribution in [3.05, 3.63) is 36.2 Å². The van der Waals surface area contributed by atoms with Crippen LogP contribution < -0.4 is 0 Å². The first-order valence-electron chi connectivity index (χ1n) is 3.46. The number of aryl methyl sites for hydroxylation is 1. The summed E-state index contributed by atoms with van der Waals surface area (Å²) in [5, 5.41) is 8.74. The number of aliphatic hydroxyl groups excluding tert-OH is 1. The van der Waals surface area contributed by atoms with Crippen LogP contribution in [-0.4, -0.2) is 16.7 Å². The molecule has 0 fully saturated rings. The van der Waals surface area contributed by atoms with Gasteiger partial charge in [-0.3, -0.25) is 4.98 Å². The third kappa shape index (κ3) is 1.88. The zero-order valence-corrected chi connectivity index (χ0v) is 6.54. The SMILES string of the molecule is C=C(CO)c1cccc(C)n1. The van der Waals surface area contributed by atoms with Crippen molar-refractivity contribution >= 4 is 5.57 Å². The first-order chi connectivity index (χ1) is 5.24. The molecular weight excluding hydrogens is 138 g/mol. The van der Waals surface area contributed by atoms with Crippen LogP contribution in [-0.2, 0) is 0 Å². The summed E-state index contributed by atoms with van der Waals surface area (Å²) in [6.45, 7) is 5.55. The second-order valence-corrected chi connectivity index (χ2v) is 2.43. The Morgan fingerprint density at radius 1 is 1.64 bits per heavy atom. The van der Waals surface area contributed by atoms with Gasteiger partial charge >= 0.3 is 0 Å². The number of rotatable bonds is 2. The van der Waals surface area contributed by atoms with Crippen LogP contribution in [0, 0.1) is 6.92 Å². The smallest absolute Gasteiger partial charge is 0.0697 e. The maximum absolute atomic E-state index is 8.74. The minimum atomic E-state index is -0.0313. The monoisotopic (exact) mass is 149 g/mol. The van der Waals surface area contributed by atoms with Gasteiger partial charge in [-0.2, -0.15) is 0 Å². The molecule has 0 aliphatic carbocycles. The van der Waals surface area contributed by atoms with Gasteiger partial charge < -0.3 is 5.11 Å². The Bertz CT molecular complexity index is 268. The zero-order valence-electron chi connectivity index (χ0n) is 6.54. The lowest BCUT2D eigenvalue weighted by molar-refractivity contribution is 0.350. The molecule has 0 saturated carbocycles. The molecule has 58 valence electrons. The molecule has 0 amide bonds. The third-order valence-electron chi connectivity index (χ3n) is 1.44. The molecule has 2 heteroatoms. The van der Waals surface area contributed by atoms with Gasteiger partial charge in [0.05, 0.1) is 12.3 Å². The first-order valence-corrected chi connectivity index (χ1v) is 3.46. The molecular formula is C9H11NO. The third-order valence-corrected chi connectivity index (χ3v) is 1.44. The van der Waals surface area contributed by atoms with E-state index in [1.54, 1.807) is 0 Å². The van der Waals surface area contributed by atoms with E-state index in [-0.39, 0.29) is 6.61 Å². The van der Waals surface area contributed by atoms with Gasteiger partial charge in [0, 0.05) is 5.69 Å². The van der Waals surface area contributed by atoms with Crippen LogP contribution in [0.15, 0.2) is 24.8 Å². The molecule has 0 spiro atoms. The van der Waals surface area contributed by atoms with Crippen molar-refractivity contribution in [2.45, 2.75) is 6.92 Å². The lowest BCUT2D eigenvalue weighted by Gasteiger charge is -2.00. The van der Waals surface area contributed by atoms with Crippen molar-refractivity contribution in [2.24, 2.45) is 0 Å². The van der Waals surface area contributed by atoms with E-state index in [2.05, 4.69) is 11.6 Å². The summed E-state index contributed by atoms with van der Waals surface area (Å²) in [5.74, 6) is 0. The van der Waals surface area contributed by atoms with Crippen molar-refractivity contribution in [3.8, 4) is 0 Å². The highest BCUT2D eigenvalue weighted by atomic mass is 16.3. The predicted octanol–water partition coefficient (Wildman–Crippen LogP) is 1.40. The van der Waals surface area contributed by atoms with Crippen molar-refractivity contribution in [1.29, 1.82) is 0 Å². The molecule has 0 aliphatic heterocycles. The summed E-state index contributed by atoms with van der Waals surface area (Å²) in [5.41, 5.74) is 2.37. The fourth-order valence-corrected chi connectivity index (χ4v) is 0.821. The normalized spacial score (nSPS) is 9.64. The Morgan fingerprint density at radius 3 is 2.91 bits per heavy atom. The highest BCUT2D eigenvalue weighted by Gasteiger charge is 1.97. The summed E-state index contributed by atoms with van der Waals surface area (Å²) >= 11 is 0. The number of hydrogen-bond donors (Lipinski definition) is 1. The van der Waals surface area contributed by atoms with Crippen LogP contribution in [0.1, 0.15) is 11.4 Å². The number of pyridine rings is 1. The number of aromatic nitrogens is 1. The fourth-order valence-electron chi connectivity index (χ4n) is 0.821. The molecule has 2 nitrogen and oxygen atoms in total. The average molecular weight is 149 g/mol. The van der Waals surface area contributed by atoms with Crippen molar-refractivity contribution < 1.29 is 5.11 Å². The van der Waals surface area contributed by atoms with E-state index in [1.807, 2.05) is 25.1 Å². The lowest BCUT2D eigenvalue weighted by Crippen LogP contribution is -1.93. The Labute approximate surface area is 66.2 Å². The van der Waals surface area contributed by atoms with Gasteiger partial charge in [0.15, 0.2) is 0 Å². The summed E-state index contributed by atoms with van der Waals surface area (Å²) in [7, 11) is 0. The Balaban J connectivity index is 2.96. The van der Waals surface area contributed by atoms with E-state index in [0.717, 1.165) is 11.4 Å². The quantitative estimate of drug-likeness (QED) is 0.689. The molecule has 0 bridgehead atoms. The molecule has 1 aromatic heterocycles.